The summed E-state index contributed by atoms with van der Waals surface area (Å²) < 4.78 is 0. The van der Waals surface area contributed by atoms with Crippen LogP contribution in [0, 0.1) is 5.41 Å². The van der Waals surface area contributed by atoms with E-state index >= 15 is 0 Å². The van der Waals surface area contributed by atoms with E-state index in [9.17, 15) is 0 Å². The highest BCUT2D eigenvalue weighted by Gasteiger charge is 2.28. The summed E-state index contributed by atoms with van der Waals surface area (Å²) in [7, 11) is 0. The topological polar surface area (TPSA) is 27.1 Å². The average Bonchev–Trinajstić information content (AvgIpc) is 2.75. The van der Waals surface area contributed by atoms with Gasteiger partial charge in [-0.2, -0.15) is 0 Å². The van der Waals surface area contributed by atoms with Gasteiger partial charge in [0.05, 0.1) is 5.84 Å². The largest absolute Gasteiger partial charge is 0.357 e. The summed E-state index contributed by atoms with van der Waals surface area (Å²) >= 11 is 0. The first kappa shape index (κ1) is 9.88. The molecule has 1 saturated heterocycles. The van der Waals surface area contributed by atoms with Gasteiger partial charge in [0.15, 0.2) is 0 Å². The van der Waals surface area contributed by atoms with Gasteiger partial charge >= 0.3 is 0 Å². The van der Waals surface area contributed by atoms with Gasteiger partial charge in [0.2, 0.25) is 0 Å². The number of amidine groups is 1. The van der Waals surface area contributed by atoms with Gasteiger partial charge in [0.1, 0.15) is 0 Å². The molecule has 0 amide bonds. The first-order chi connectivity index (χ1) is 7.84. The molecule has 1 atom stereocenters. The smallest absolute Gasteiger partial charge is 0.0960 e. The summed E-state index contributed by atoms with van der Waals surface area (Å²) in [4.78, 5) is 2.33. The zero-order chi connectivity index (χ0) is 11.0. The number of aryl methyl sites for hydroxylation is 1. The zero-order valence-corrected chi connectivity index (χ0v) is 9.58. The Labute approximate surface area is 96.8 Å². The Morgan fingerprint density at radius 3 is 2.69 bits per heavy atom. The van der Waals surface area contributed by atoms with Gasteiger partial charge < -0.3 is 4.90 Å². The van der Waals surface area contributed by atoms with Crippen LogP contribution in [0.25, 0.3) is 0 Å². The van der Waals surface area contributed by atoms with Crippen molar-refractivity contribution in [1.29, 1.82) is 5.41 Å². The molecule has 0 aromatic heterocycles. The second-order valence-corrected chi connectivity index (χ2v) is 4.91. The standard InChI is InChI=1S/C14H18N2/c15-14-6-3-9-16(14)13-8-7-11-4-1-2-5-12(11)10-13/h1-2,4-5,13,15H,3,6-10H2. The third-order valence-electron chi connectivity index (χ3n) is 3.92. The Hall–Kier alpha value is -1.31. The molecule has 0 saturated carbocycles. The highest BCUT2D eigenvalue weighted by molar-refractivity contribution is 5.81. The summed E-state index contributed by atoms with van der Waals surface area (Å²) in [6.07, 6.45) is 5.71. The van der Waals surface area contributed by atoms with Gasteiger partial charge in [-0.25, -0.2) is 0 Å². The molecule has 2 heteroatoms. The highest BCUT2D eigenvalue weighted by atomic mass is 15.2. The van der Waals surface area contributed by atoms with Crippen molar-refractivity contribution < 1.29 is 0 Å². The zero-order valence-electron chi connectivity index (χ0n) is 9.58. The predicted molar refractivity (Wildman–Crippen MR) is 65.9 cm³/mol. The molecule has 84 valence electrons. The van der Waals surface area contributed by atoms with Gasteiger partial charge in [-0.1, -0.05) is 24.3 Å². The Morgan fingerprint density at radius 2 is 1.94 bits per heavy atom. The average molecular weight is 214 g/mol. The predicted octanol–water partition coefficient (Wildman–Crippen LogP) is 2.62. The van der Waals surface area contributed by atoms with Gasteiger partial charge in [-0.05, 0) is 36.8 Å². The van der Waals surface area contributed by atoms with Crippen LogP contribution in [-0.2, 0) is 12.8 Å². The molecule has 2 aliphatic rings. The van der Waals surface area contributed by atoms with Crippen LogP contribution in [0.5, 0.6) is 0 Å². The second-order valence-electron chi connectivity index (χ2n) is 4.91. The molecule has 2 nitrogen and oxygen atoms in total. The maximum Gasteiger partial charge on any atom is 0.0960 e. The molecule has 1 N–H and O–H groups in total. The second kappa shape index (κ2) is 3.93. The number of nitrogens with zero attached hydrogens (tertiary/aromatic N) is 1. The summed E-state index contributed by atoms with van der Waals surface area (Å²) in [6, 6.07) is 9.36. The van der Waals surface area contributed by atoms with E-state index in [0.29, 0.717) is 6.04 Å². The summed E-state index contributed by atoms with van der Waals surface area (Å²) in [6.45, 7) is 1.10. The van der Waals surface area contributed by atoms with Gasteiger partial charge in [0, 0.05) is 19.0 Å². The quantitative estimate of drug-likeness (QED) is 0.764. The molecule has 16 heavy (non-hydrogen) atoms. The minimum absolute atomic E-state index is 0.588. The number of hydrogen-bond donors (Lipinski definition) is 1. The maximum absolute atomic E-state index is 7.95. The molecule has 0 spiro atoms. The van der Waals surface area contributed by atoms with Crippen molar-refractivity contribution in [2.24, 2.45) is 0 Å². The minimum Gasteiger partial charge on any atom is -0.357 e. The molecule has 1 fully saturated rings. The normalized spacial score (nSPS) is 24.6. The Morgan fingerprint density at radius 1 is 1.12 bits per heavy atom. The molecule has 1 aromatic rings. The van der Waals surface area contributed by atoms with E-state index in [1.807, 2.05) is 0 Å². The number of likely N-dealkylation sites (tertiary alicyclic amines) is 1. The lowest BCUT2D eigenvalue weighted by Crippen LogP contribution is -2.39. The van der Waals surface area contributed by atoms with Crippen molar-refractivity contribution in [3.8, 4) is 0 Å². The number of rotatable bonds is 1. The van der Waals surface area contributed by atoms with Crippen molar-refractivity contribution in [2.45, 2.75) is 38.1 Å². The Bertz CT molecular complexity index is 411. The van der Waals surface area contributed by atoms with E-state index < -0.39 is 0 Å². The van der Waals surface area contributed by atoms with Crippen molar-refractivity contribution in [1.82, 2.24) is 4.90 Å². The lowest BCUT2D eigenvalue weighted by Gasteiger charge is -2.33. The van der Waals surface area contributed by atoms with Crippen LogP contribution in [0.2, 0.25) is 0 Å². The lowest BCUT2D eigenvalue weighted by molar-refractivity contribution is 0.302. The summed E-state index contributed by atoms with van der Waals surface area (Å²) in [5, 5.41) is 7.95. The van der Waals surface area contributed by atoms with E-state index in [2.05, 4.69) is 29.2 Å². The van der Waals surface area contributed by atoms with E-state index in [4.69, 9.17) is 5.41 Å². The fourth-order valence-corrected chi connectivity index (χ4v) is 3.04. The van der Waals surface area contributed by atoms with Gasteiger partial charge in [-0.15, -0.1) is 0 Å². The molecule has 0 radical (unpaired) electrons. The number of hydrogen-bond acceptors (Lipinski definition) is 1. The fourth-order valence-electron chi connectivity index (χ4n) is 3.04. The van der Waals surface area contributed by atoms with Crippen LogP contribution in [0.15, 0.2) is 24.3 Å². The molecule has 1 unspecified atom stereocenters. The molecular formula is C14H18N2. The van der Waals surface area contributed by atoms with Crippen molar-refractivity contribution in [3.05, 3.63) is 35.4 Å². The third-order valence-corrected chi connectivity index (χ3v) is 3.92. The minimum atomic E-state index is 0.588. The van der Waals surface area contributed by atoms with Crippen LogP contribution in [0.4, 0.5) is 0 Å². The number of benzene rings is 1. The van der Waals surface area contributed by atoms with Gasteiger partial charge in [0.25, 0.3) is 0 Å². The lowest BCUT2D eigenvalue weighted by atomic mass is 9.87. The maximum atomic E-state index is 7.95. The fraction of sp³-hybridized carbons (Fsp3) is 0.500. The van der Waals surface area contributed by atoms with Crippen molar-refractivity contribution in [2.75, 3.05) is 6.54 Å². The molecule has 1 aliphatic heterocycles. The molecule has 0 bridgehead atoms. The van der Waals surface area contributed by atoms with E-state index in [0.717, 1.165) is 25.2 Å². The first-order valence-corrected chi connectivity index (χ1v) is 6.25. The molecule has 1 heterocycles. The van der Waals surface area contributed by atoms with Crippen LogP contribution in [0.1, 0.15) is 30.4 Å². The number of nitrogens with one attached hydrogen (secondary N) is 1. The summed E-state index contributed by atoms with van der Waals surface area (Å²) in [5.74, 6) is 0.865. The molecule has 3 rings (SSSR count). The monoisotopic (exact) mass is 214 g/mol. The van der Waals surface area contributed by atoms with Crippen LogP contribution in [-0.4, -0.2) is 23.3 Å². The van der Waals surface area contributed by atoms with E-state index in [1.165, 1.54) is 30.4 Å². The van der Waals surface area contributed by atoms with Crippen LogP contribution < -0.4 is 0 Å². The SMILES string of the molecule is N=C1CCCN1C1CCc2ccccc2C1. The molecular weight excluding hydrogens is 196 g/mol. The van der Waals surface area contributed by atoms with Gasteiger partial charge in [-0.3, -0.25) is 5.41 Å². The molecule has 1 aliphatic carbocycles. The van der Waals surface area contributed by atoms with Crippen LogP contribution in [0.3, 0.4) is 0 Å². The highest BCUT2D eigenvalue weighted by Crippen LogP contribution is 2.27. The third kappa shape index (κ3) is 1.62. The van der Waals surface area contributed by atoms with Crippen molar-refractivity contribution in [3.63, 3.8) is 0 Å². The Kier molecular flexibility index (Phi) is 2.43. The summed E-state index contributed by atoms with van der Waals surface area (Å²) in [5.41, 5.74) is 3.02. The number of fused-ring (bicyclic) bond motifs is 1. The molecule has 1 aromatic carbocycles. The van der Waals surface area contributed by atoms with E-state index in [1.54, 1.807) is 0 Å². The van der Waals surface area contributed by atoms with Crippen molar-refractivity contribution >= 4 is 5.84 Å². The van der Waals surface area contributed by atoms with Crippen LogP contribution >= 0.6 is 0 Å². The van der Waals surface area contributed by atoms with E-state index in [-0.39, 0.29) is 0 Å². The first-order valence-electron chi connectivity index (χ1n) is 6.25. The Balaban J connectivity index is 1.80.